The van der Waals surface area contributed by atoms with Crippen LogP contribution >= 0.6 is 0 Å². The Balaban J connectivity index is 4.42. The monoisotopic (exact) mass is 1140 g/mol. The van der Waals surface area contributed by atoms with Gasteiger partial charge in [0.05, 0.1) is 0 Å². The van der Waals surface area contributed by atoms with Crippen molar-refractivity contribution in [3.05, 3.63) is 170 Å². The summed E-state index contributed by atoms with van der Waals surface area (Å²) in [6.45, 7) is 6.35. The van der Waals surface area contributed by atoms with Gasteiger partial charge in [-0.15, -0.1) is 0 Å². The van der Waals surface area contributed by atoms with Gasteiger partial charge in [0.15, 0.2) is 6.10 Å². The maximum atomic E-state index is 12.9. The zero-order valence-electron chi connectivity index (χ0n) is 53.4. The predicted octanol–water partition coefficient (Wildman–Crippen LogP) is 23.4. The lowest BCUT2D eigenvalue weighted by Gasteiger charge is -2.18. The first kappa shape index (κ1) is 77.8. The Morgan fingerprint density at radius 1 is 0.253 bits per heavy atom. The molecule has 6 heteroatoms. The van der Waals surface area contributed by atoms with Gasteiger partial charge in [-0.2, -0.15) is 0 Å². The number of esters is 3. The molecule has 0 aliphatic rings. The van der Waals surface area contributed by atoms with E-state index >= 15 is 0 Å². The van der Waals surface area contributed by atoms with E-state index in [4.69, 9.17) is 14.2 Å². The van der Waals surface area contributed by atoms with Crippen LogP contribution in [0.5, 0.6) is 0 Å². The van der Waals surface area contributed by atoms with E-state index in [1.165, 1.54) is 51.4 Å². The van der Waals surface area contributed by atoms with Crippen LogP contribution in [0.2, 0.25) is 0 Å². The summed E-state index contributed by atoms with van der Waals surface area (Å²) >= 11 is 0. The first-order chi connectivity index (χ1) is 41.0. The van der Waals surface area contributed by atoms with Crippen LogP contribution in [-0.4, -0.2) is 37.2 Å². The van der Waals surface area contributed by atoms with Crippen molar-refractivity contribution in [3.63, 3.8) is 0 Å². The van der Waals surface area contributed by atoms with E-state index in [0.29, 0.717) is 19.3 Å². The lowest BCUT2D eigenvalue weighted by Crippen LogP contribution is -2.30. The highest BCUT2D eigenvalue weighted by molar-refractivity contribution is 5.71. The van der Waals surface area contributed by atoms with Crippen LogP contribution in [0.15, 0.2) is 170 Å². The molecule has 0 saturated carbocycles. The molecule has 0 heterocycles. The van der Waals surface area contributed by atoms with Crippen LogP contribution < -0.4 is 0 Å². The van der Waals surface area contributed by atoms with E-state index in [9.17, 15) is 14.4 Å². The van der Waals surface area contributed by atoms with Crippen molar-refractivity contribution in [2.45, 2.75) is 284 Å². The van der Waals surface area contributed by atoms with Gasteiger partial charge in [-0.3, -0.25) is 14.4 Å². The normalized spacial score (nSPS) is 13.2. The Bertz CT molecular complexity index is 1890. The van der Waals surface area contributed by atoms with Gasteiger partial charge < -0.3 is 14.2 Å². The van der Waals surface area contributed by atoms with Crippen LogP contribution in [0.4, 0.5) is 0 Å². The summed E-state index contributed by atoms with van der Waals surface area (Å²) in [5.74, 6) is -0.949. The molecule has 0 radical (unpaired) electrons. The van der Waals surface area contributed by atoms with Crippen molar-refractivity contribution < 1.29 is 28.6 Å². The summed E-state index contributed by atoms with van der Waals surface area (Å²) in [6, 6.07) is 0. The second-order valence-electron chi connectivity index (χ2n) is 21.6. The predicted molar refractivity (Wildman–Crippen MR) is 361 cm³/mol. The zero-order chi connectivity index (χ0) is 59.9. The molecule has 1 atom stereocenters. The summed E-state index contributed by atoms with van der Waals surface area (Å²) in [5, 5.41) is 0. The summed E-state index contributed by atoms with van der Waals surface area (Å²) in [6.07, 6.45) is 102. The van der Waals surface area contributed by atoms with E-state index < -0.39 is 6.10 Å². The molecule has 0 fully saturated rings. The lowest BCUT2D eigenvalue weighted by atomic mass is 10.1. The third kappa shape index (κ3) is 67.4. The van der Waals surface area contributed by atoms with Crippen LogP contribution in [0, 0.1) is 0 Å². The first-order valence-corrected chi connectivity index (χ1v) is 33.6. The molecule has 0 aromatic heterocycles. The summed E-state index contributed by atoms with van der Waals surface area (Å²) in [4.78, 5) is 38.4. The van der Waals surface area contributed by atoms with Crippen LogP contribution in [0.3, 0.4) is 0 Å². The van der Waals surface area contributed by atoms with Gasteiger partial charge >= 0.3 is 17.9 Å². The third-order valence-corrected chi connectivity index (χ3v) is 13.7. The minimum Gasteiger partial charge on any atom is -0.462 e. The van der Waals surface area contributed by atoms with E-state index in [0.717, 1.165) is 186 Å². The molecule has 0 amide bonds. The average Bonchev–Trinajstić information content (AvgIpc) is 3.49. The smallest absolute Gasteiger partial charge is 0.306 e. The van der Waals surface area contributed by atoms with Crippen molar-refractivity contribution in [2.24, 2.45) is 0 Å². The standard InChI is InChI=1S/C77H122O6/c1-4-7-10-13-16-19-22-25-28-30-32-33-34-35-36-37-38-39-40-41-42-43-45-46-49-52-55-58-61-64-67-70-76(79)82-73-74(72-81-75(78)69-66-63-60-57-54-51-48-27-24-21-18-15-12-9-6-3)83-77(80)71-68-65-62-59-56-53-50-47-44-31-29-26-23-20-17-14-11-8-5-2/h7,9-10,12,16-21,25-29,32-33,35-36,38-39,41-42,44-48,74H,4-6,8,11,13-15,22-24,30-31,34,37,40,43,49-73H2,1-3H3/b10-7-,12-9-,19-16-,20-17-,21-18-,28-25-,29-26-,33-32-,36-35-,39-38-,42-41-,46-45-,47-44-,48-27-. The topological polar surface area (TPSA) is 78.9 Å². The fourth-order valence-electron chi connectivity index (χ4n) is 8.71. The Labute approximate surface area is 511 Å². The number of allylic oxidation sites excluding steroid dienone is 28. The van der Waals surface area contributed by atoms with E-state index in [1.54, 1.807) is 0 Å². The summed E-state index contributed by atoms with van der Waals surface area (Å²) in [7, 11) is 0. The fraction of sp³-hybridized carbons (Fsp3) is 0.597. The second kappa shape index (κ2) is 69.3. The number of unbranched alkanes of at least 4 members (excludes halogenated alkanes) is 20. The maximum Gasteiger partial charge on any atom is 0.306 e. The lowest BCUT2D eigenvalue weighted by molar-refractivity contribution is -0.167. The number of ether oxygens (including phenoxy) is 3. The van der Waals surface area contributed by atoms with Crippen molar-refractivity contribution in [1.82, 2.24) is 0 Å². The van der Waals surface area contributed by atoms with Gasteiger partial charge in [0.2, 0.25) is 0 Å². The average molecular weight is 1140 g/mol. The molecule has 466 valence electrons. The maximum absolute atomic E-state index is 12.9. The highest BCUT2D eigenvalue weighted by Crippen LogP contribution is 2.14. The molecule has 6 nitrogen and oxygen atoms in total. The number of carbonyl (C=O) groups excluding carboxylic acids is 3. The molecular weight excluding hydrogens is 1020 g/mol. The molecule has 0 aromatic rings. The molecule has 0 N–H and O–H groups in total. The summed E-state index contributed by atoms with van der Waals surface area (Å²) < 4.78 is 16.9. The number of hydrogen-bond acceptors (Lipinski definition) is 6. The fourth-order valence-corrected chi connectivity index (χ4v) is 8.71. The molecule has 83 heavy (non-hydrogen) atoms. The molecule has 0 rings (SSSR count). The van der Waals surface area contributed by atoms with Gasteiger partial charge in [-0.05, 0) is 154 Å². The number of hydrogen-bond donors (Lipinski definition) is 0. The zero-order valence-corrected chi connectivity index (χ0v) is 53.4. The molecule has 0 aliphatic heterocycles. The molecular formula is C77H122O6. The van der Waals surface area contributed by atoms with E-state index in [2.05, 4.69) is 191 Å². The Kier molecular flexibility index (Phi) is 64.9. The number of carbonyl (C=O) groups is 3. The van der Waals surface area contributed by atoms with Gasteiger partial charge in [-0.1, -0.05) is 274 Å². The van der Waals surface area contributed by atoms with Crippen molar-refractivity contribution in [3.8, 4) is 0 Å². The highest BCUT2D eigenvalue weighted by Gasteiger charge is 2.19. The van der Waals surface area contributed by atoms with Gasteiger partial charge in [0.1, 0.15) is 13.2 Å². The number of rotatable bonds is 59. The van der Waals surface area contributed by atoms with Crippen molar-refractivity contribution in [2.75, 3.05) is 13.2 Å². The molecule has 0 aromatic carbocycles. The van der Waals surface area contributed by atoms with Gasteiger partial charge in [-0.25, -0.2) is 0 Å². The second-order valence-corrected chi connectivity index (χ2v) is 21.6. The quantitative estimate of drug-likeness (QED) is 0.0261. The third-order valence-electron chi connectivity index (χ3n) is 13.7. The Hall–Kier alpha value is -5.23. The van der Waals surface area contributed by atoms with Crippen molar-refractivity contribution >= 4 is 17.9 Å². The van der Waals surface area contributed by atoms with Crippen molar-refractivity contribution in [1.29, 1.82) is 0 Å². The molecule has 0 spiro atoms. The SMILES string of the molecule is CC/C=C\C/C=C\C/C=C\C/C=C\C/C=C\C/C=C\C/C=C\C/C=C\CCCCCCCCC(=O)OCC(COC(=O)CCCCCCC/C=C\C/C=C\C/C=C\CC)OC(=O)CCCCCCCC/C=C\C/C=C\C/C=C\CCCCC. The minimum absolute atomic E-state index is 0.104. The van der Waals surface area contributed by atoms with Gasteiger partial charge in [0.25, 0.3) is 0 Å². The molecule has 0 aliphatic carbocycles. The minimum atomic E-state index is -0.809. The van der Waals surface area contributed by atoms with E-state index in [-0.39, 0.29) is 31.1 Å². The van der Waals surface area contributed by atoms with Crippen LogP contribution in [-0.2, 0) is 28.6 Å². The van der Waals surface area contributed by atoms with Crippen LogP contribution in [0.1, 0.15) is 278 Å². The van der Waals surface area contributed by atoms with Gasteiger partial charge in [0, 0.05) is 19.3 Å². The molecule has 0 saturated heterocycles. The summed E-state index contributed by atoms with van der Waals surface area (Å²) in [5.41, 5.74) is 0. The Morgan fingerprint density at radius 2 is 0.470 bits per heavy atom. The molecule has 0 bridgehead atoms. The largest absolute Gasteiger partial charge is 0.462 e. The van der Waals surface area contributed by atoms with E-state index in [1.807, 2.05) is 0 Å². The Morgan fingerprint density at radius 3 is 0.735 bits per heavy atom. The molecule has 1 unspecified atom stereocenters. The highest BCUT2D eigenvalue weighted by atomic mass is 16.6. The van der Waals surface area contributed by atoms with Crippen LogP contribution in [0.25, 0.3) is 0 Å². The first-order valence-electron chi connectivity index (χ1n) is 33.6.